The van der Waals surface area contributed by atoms with E-state index in [4.69, 9.17) is 0 Å². The van der Waals surface area contributed by atoms with Crippen LogP contribution in [0, 0.1) is 0 Å². The number of hydrogen-bond acceptors (Lipinski definition) is 6. The molecule has 25 heavy (non-hydrogen) atoms. The molecule has 1 aromatic carbocycles. The SMILES string of the molecule is COC(=O)c1cccc(S(=O)(=O)N2CCNCC2c2nccn2C)c1. The molecule has 9 heteroatoms. The van der Waals surface area contributed by atoms with Gasteiger partial charge >= 0.3 is 5.97 Å². The molecule has 3 rings (SSSR count). The highest BCUT2D eigenvalue weighted by Crippen LogP contribution is 2.28. The van der Waals surface area contributed by atoms with Crippen LogP contribution in [-0.2, 0) is 21.8 Å². The Morgan fingerprint density at radius 2 is 2.20 bits per heavy atom. The summed E-state index contributed by atoms with van der Waals surface area (Å²) < 4.78 is 34.3. The lowest BCUT2D eigenvalue weighted by Gasteiger charge is -2.34. The number of carbonyl (C=O) groups excluding carboxylic acids is 1. The number of hydrogen-bond donors (Lipinski definition) is 1. The normalized spacial score (nSPS) is 18.9. The minimum Gasteiger partial charge on any atom is -0.465 e. The second-order valence-electron chi connectivity index (χ2n) is 5.75. The third kappa shape index (κ3) is 3.30. The zero-order valence-corrected chi connectivity index (χ0v) is 14.9. The lowest BCUT2D eigenvalue weighted by molar-refractivity contribution is 0.0600. The number of rotatable bonds is 4. The summed E-state index contributed by atoms with van der Waals surface area (Å²) in [6.45, 7) is 1.35. The van der Waals surface area contributed by atoms with E-state index in [0.29, 0.717) is 25.5 Å². The summed E-state index contributed by atoms with van der Waals surface area (Å²) >= 11 is 0. The maximum Gasteiger partial charge on any atom is 0.337 e. The summed E-state index contributed by atoms with van der Waals surface area (Å²) in [6, 6.07) is 5.48. The van der Waals surface area contributed by atoms with E-state index in [9.17, 15) is 13.2 Å². The van der Waals surface area contributed by atoms with Crippen molar-refractivity contribution in [1.29, 1.82) is 0 Å². The second kappa shape index (κ2) is 6.95. The third-order valence-electron chi connectivity index (χ3n) is 4.21. The molecule has 0 spiro atoms. The summed E-state index contributed by atoms with van der Waals surface area (Å²) in [5.41, 5.74) is 0.201. The zero-order chi connectivity index (χ0) is 18.0. The molecule has 134 valence electrons. The van der Waals surface area contributed by atoms with E-state index in [1.54, 1.807) is 12.4 Å². The van der Waals surface area contributed by atoms with Crippen molar-refractivity contribution < 1.29 is 17.9 Å². The molecule has 0 saturated carbocycles. The topological polar surface area (TPSA) is 93.5 Å². The van der Waals surface area contributed by atoms with Crippen LogP contribution in [0.15, 0.2) is 41.6 Å². The molecule has 1 aliphatic heterocycles. The Morgan fingerprint density at radius 3 is 2.88 bits per heavy atom. The van der Waals surface area contributed by atoms with Crippen LogP contribution in [0.2, 0.25) is 0 Å². The van der Waals surface area contributed by atoms with E-state index in [1.165, 1.54) is 35.7 Å². The Hall–Kier alpha value is -2.23. The Labute approximate surface area is 146 Å². The molecule has 2 aromatic rings. The van der Waals surface area contributed by atoms with Crippen LogP contribution in [0.3, 0.4) is 0 Å². The van der Waals surface area contributed by atoms with Gasteiger partial charge in [0.15, 0.2) is 0 Å². The highest BCUT2D eigenvalue weighted by molar-refractivity contribution is 7.89. The average Bonchev–Trinajstić information content (AvgIpc) is 3.07. The summed E-state index contributed by atoms with van der Waals surface area (Å²) in [5.74, 6) is 0.0953. The average molecular weight is 364 g/mol. The minimum atomic E-state index is -3.79. The van der Waals surface area contributed by atoms with Gasteiger partial charge in [-0.3, -0.25) is 0 Å². The smallest absolute Gasteiger partial charge is 0.337 e. The van der Waals surface area contributed by atoms with Crippen molar-refractivity contribution in [2.24, 2.45) is 7.05 Å². The Bertz CT molecular complexity index is 878. The molecular formula is C16H20N4O4S. The van der Waals surface area contributed by atoms with Gasteiger partial charge in [-0.15, -0.1) is 0 Å². The van der Waals surface area contributed by atoms with Gasteiger partial charge in [-0.05, 0) is 18.2 Å². The number of benzene rings is 1. The van der Waals surface area contributed by atoms with E-state index < -0.39 is 22.0 Å². The monoisotopic (exact) mass is 364 g/mol. The van der Waals surface area contributed by atoms with Gasteiger partial charge in [0.1, 0.15) is 5.82 Å². The molecule has 0 aliphatic carbocycles. The Morgan fingerprint density at radius 1 is 1.40 bits per heavy atom. The fraction of sp³-hybridized carbons (Fsp3) is 0.375. The fourth-order valence-corrected chi connectivity index (χ4v) is 4.56. The number of sulfonamides is 1. The van der Waals surface area contributed by atoms with Crippen molar-refractivity contribution in [1.82, 2.24) is 19.2 Å². The first-order chi connectivity index (χ1) is 11.9. The van der Waals surface area contributed by atoms with Gasteiger partial charge in [0.25, 0.3) is 0 Å². The van der Waals surface area contributed by atoms with E-state index >= 15 is 0 Å². The van der Waals surface area contributed by atoms with Crippen LogP contribution in [-0.4, -0.2) is 55.0 Å². The molecule has 1 aromatic heterocycles. The number of ether oxygens (including phenoxy) is 1. The number of nitrogens with zero attached hydrogens (tertiary/aromatic N) is 3. The van der Waals surface area contributed by atoms with Crippen molar-refractivity contribution in [3.63, 3.8) is 0 Å². The van der Waals surface area contributed by atoms with Crippen LogP contribution in [0.5, 0.6) is 0 Å². The van der Waals surface area contributed by atoms with Gasteiger partial charge in [-0.2, -0.15) is 4.31 Å². The number of imidazole rings is 1. The lowest BCUT2D eigenvalue weighted by Crippen LogP contribution is -2.49. The quantitative estimate of drug-likeness (QED) is 0.796. The van der Waals surface area contributed by atoms with E-state index in [2.05, 4.69) is 15.0 Å². The van der Waals surface area contributed by atoms with Gasteiger partial charge < -0.3 is 14.6 Å². The van der Waals surface area contributed by atoms with Crippen molar-refractivity contribution in [3.8, 4) is 0 Å². The van der Waals surface area contributed by atoms with Gasteiger partial charge in [0, 0.05) is 39.1 Å². The number of carbonyl (C=O) groups is 1. The third-order valence-corrected chi connectivity index (χ3v) is 6.12. The number of nitrogens with one attached hydrogen (secondary N) is 1. The van der Waals surface area contributed by atoms with E-state index in [0.717, 1.165) is 0 Å². The molecule has 1 fully saturated rings. The van der Waals surface area contributed by atoms with Crippen LogP contribution in [0.4, 0.5) is 0 Å². The molecule has 2 heterocycles. The molecule has 1 N–H and O–H groups in total. The second-order valence-corrected chi connectivity index (χ2v) is 7.64. The molecular weight excluding hydrogens is 344 g/mol. The van der Waals surface area contributed by atoms with Gasteiger partial charge in [0.05, 0.1) is 23.6 Å². The molecule has 1 atom stereocenters. The van der Waals surface area contributed by atoms with Crippen molar-refractivity contribution >= 4 is 16.0 Å². The van der Waals surface area contributed by atoms with Gasteiger partial charge in [-0.25, -0.2) is 18.2 Å². The standard InChI is InChI=1S/C16H20N4O4S/c1-19-8-7-18-15(19)14-11-17-6-9-20(14)25(22,23)13-5-3-4-12(10-13)16(21)24-2/h3-5,7-8,10,14,17H,6,9,11H2,1-2H3. The summed E-state index contributed by atoms with van der Waals surface area (Å²) in [5, 5.41) is 3.21. The predicted molar refractivity (Wildman–Crippen MR) is 90.5 cm³/mol. The molecule has 0 amide bonds. The largest absolute Gasteiger partial charge is 0.465 e. The Kier molecular flexibility index (Phi) is 4.89. The summed E-state index contributed by atoms with van der Waals surface area (Å²) in [7, 11) is -0.692. The van der Waals surface area contributed by atoms with Crippen LogP contribution < -0.4 is 5.32 Å². The van der Waals surface area contributed by atoms with Gasteiger partial charge in [0.2, 0.25) is 10.0 Å². The van der Waals surface area contributed by atoms with E-state index in [1.807, 2.05) is 11.6 Å². The number of esters is 1. The number of piperazine rings is 1. The minimum absolute atomic E-state index is 0.0662. The zero-order valence-electron chi connectivity index (χ0n) is 14.0. The first kappa shape index (κ1) is 17.6. The number of aromatic nitrogens is 2. The van der Waals surface area contributed by atoms with Crippen molar-refractivity contribution in [2.75, 3.05) is 26.7 Å². The first-order valence-corrected chi connectivity index (χ1v) is 9.27. The molecule has 1 unspecified atom stereocenters. The summed E-state index contributed by atoms with van der Waals surface area (Å²) in [6.07, 6.45) is 3.43. The number of aryl methyl sites for hydroxylation is 1. The van der Waals surface area contributed by atoms with Crippen LogP contribution >= 0.6 is 0 Å². The molecule has 1 aliphatic rings. The molecule has 1 saturated heterocycles. The van der Waals surface area contributed by atoms with Gasteiger partial charge in [-0.1, -0.05) is 6.07 Å². The predicted octanol–water partition coefficient (Wildman–Crippen LogP) is 0.542. The molecule has 8 nitrogen and oxygen atoms in total. The Balaban J connectivity index is 2.00. The maximum atomic E-state index is 13.2. The summed E-state index contributed by atoms with van der Waals surface area (Å²) in [4.78, 5) is 16.1. The highest BCUT2D eigenvalue weighted by Gasteiger charge is 2.36. The van der Waals surface area contributed by atoms with Crippen molar-refractivity contribution in [2.45, 2.75) is 10.9 Å². The van der Waals surface area contributed by atoms with E-state index in [-0.39, 0.29) is 10.5 Å². The van der Waals surface area contributed by atoms with Crippen LogP contribution in [0.25, 0.3) is 0 Å². The molecule has 0 bridgehead atoms. The fourth-order valence-electron chi connectivity index (χ4n) is 2.93. The highest BCUT2D eigenvalue weighted by atomic mass is 32.2. The first-order valence-electron chi connectivity index (χ1n) is 7.83. The number of methoxy groups -OCH3 is 1. The molecule has 0 radical (unpaired) electrons. The van der Waals surface area contributed by atoms with Crippen molar-refractivity contribution in [3.05, 3.63) is 48.0 Å². The van der Waals surface area contributed by atoms with Crippen LogP contribution in [0.1, 0.15) is 22.2 Å². The maximum absolute atomic E-state index is 13.2. The lowest BCUT2D eigenvalue weighted by atomic mass is 10.2.